The summed E-state index contributed by atoms with van der Waals surface area (Å²) in [5.41, 5.74) is 9.76. The van der Waals surface area contributed by atoms with E-state index in [4.69, 9.17) is 10.7 Å². The molecule has 2 aliphatic rings. The number of benzene rings is 1. The summed E-state index contributed by atoms with van der Waals surface area (Å²) in [5, 5.41) is 4.25. The highest BCUT2D eigenvalue weighted by Gasteiger charge is 2.21. The van der Waals surface area contributed by atoms with Crippen LogP contribution in [-0.2, 0) is 13.6 Å². The van der Waals surface area contributed by atoms with Crippen LogP contribution in [0.25, 0.3) is 22.9 Å². The second-order valence-electron chi connectivity index (χ2n) is 5.85. The number of hydrogen-bond acceptors (Lipinski definition) is 5. The standard InChI is InChI=1S/C17H16BrN7/c1-10-5-3-4-6-11(10)16-22-14-15(19)20-9-25(17(14)23-16)8-13-12(18)7-21-24(13)2/h3-7,9H,8,19H2,1-2H3. The Bertz CT molecular complexity index is 1010. The van der Waals surface area contributed by atoms with Crippen molar-refractivity contribution in [2.45, 2.75) is 13.5 Å². The molecule has 0 saturated carbocycles. The summed E-state index contributed by atoms with van der Waals surface area (Å²) < 4.78 is 4.69. The number of anilines is 1. The maximum absolute atomic E-state index is 6.03. The lowest BCUT2D eigenvalue weighted by molar-refractivity contribution is 0.655. The number of nitrogens with two attached hydrogens (primary N) is 1. The topological polar surface area (TPSA) is 87.4 Å². The molecule has 4 rings (SSSR count). The Morgan fingerprint density at radius 1 is 1.20 bits per heavy atom. The molecule has 2 N–H and O–H groups in total. The van der Waals surface area contributed by atoms with Crippen molar-refractivity contribution in [3.8, 4) is 22.9 Å². The number of imidazole rings is 1. The van der Waals surface area contributed by atoms with Crippen molar-refractivity contribution in [1.29, 1.82) is 0 Å². The summed E-state index contributed by atoms with van der Waals surface area (Å²) in [4.78, 5) is 13.6. The van der Waals surface area contributed by atoms with Crippen LogP contribution in [0.4, 0.5) is 5.82 Å². The zero-order chi connectivity index (χ0) is 17.6. The first kappa shape index (κ1) is 15.8. The Labute approximate surface area is 153 Å². The fraction of sp³-hybridized carbons (Fsp3) is 0.176. The van der Waals surface area contributed by atoms with Gasteiger partial charge >= 0.3 is 0 Å². The van der Waals surface area contributed by atoms with Crippen molar-refractivity contribution >= 4 is 21.7 Å². The van der Waals surface area contributed by atoms with Crippen molar-refractivity contribution in [3.05, 3.63) is 52.5 Å². The zero-order valence-electron chi connectivity index (χ0n) is 13.8. The average molecular weight is 398 g/mol. The highest BCUT2D eigenvalue weighted by atomic mass is 79.9. The molecule has 0 amide bonds. The quantitative estimate of drug-likeness (QED) is 0.574. The molecule has 1 aromatic carbocycles. The van der Waals surface area contributed by atoms with E-state index in [2.05, 4.69) is 31.0 Å². The zero-order valence-corrected chi connectivity index (χ0v) is 15.4. The average Bonchev–Trinajstić information content (AvgIpc) is 3.17. The van der Waals surface area contributed by atoms with Gasteiger partial charge in [0.05, 0.1) is 29.2 Å². The maximum atomic E-state index is 6.03. The number of fused-ring (bicyclic) bond motifs is 1. The number of rotatable bonds is 3. The largest absolute Gasteiger partial charge is 0.382 e. The Hall–Kier alpha value is -2.74. The Kier molecular flexibility index (Phi) is 3.76. The SMILES string of the molecule is Cc1ccccc1-c1nc2c(N)ncn(Cc3c(Br)cnn3C)c-2n1. The van der Waals surface area contributed by atoms with Crippen LogP contribution in [0, 0.1) is 6.92 Å². The number of aromatic nitrogens is 6. The molecule has 0 radical (unpaired) electrons. The van der Waals surface area contributed by atoms with Gasteiger partial charge in [0.25, 0.3) is 0 Å². The number of halogens is 1. The van der Waals surface area contributed by atoms with E-state index in [1.165, 1.54) is 0 Å². The molecule has 0 unspecified atom stereocenters. The summed E-state index contributed by atoms with van der Waals surface area (Å²) in [7, 11) is 1.90. The van der Waals surface area contributed by atoms with Gasteiger partial charge in [0.1, 0.15) is 0 Å². The predicted molar refractivity (Wildman–Crippen MR) is 99.0 cm³/mol. The smallest absolute Gasteiger partial charge is 0.166 e. The Balaban J connectivity index is 1.85. The molecule has 126 valence electrons. The first-order valence-electron chi connectivity index (χ1n) is 7.75. The molecule has 25 heavy (non-hydrogen) atoms. The first-order valence-corrected chi connectivity index (χ1v) is 8.54. The van der Waals surface area contributed by atoms with Crippen molar-refractivity contribution in [2.75, 3.05) is 5.73 Å². The summed E-state index contributed by atoms with van der Waals surface area (Å²) in [6.07, 6.45) is 3.46. The van der Waals surface area contributed by atoms with Crippen LogP contribution in [0.5, 0.6) is 0 Å². The molecule has 2 aliphatic heterocycles. The molecule has 0 aliphatic carbocycles. The van der Waals surface area contributed by atoms with Crippen LogP contribution in [-0.4, -0.2) is 29.3 Å². The summed E-state index contributed by atoms with van der Waals surface area (Å²) in [5.74, 6) is 1.74. The van der Waals surface area contributed by atoms with Gasteiger partial charge in [-0.05, 0) is 28.4 Å². The lowest BCUT2D eigenvalue weighted by Crippen LogP contribution is -2.12. The van der Waals surface area contributed by atoms with Crippen molar-refractivity contribution < 1.29 is 0 Å². The molecule has 0 bridgehead atoms. The van der Waals surface area contributed by atoms with Crippen LogP contribution in [0.1, 0.15) is 11.3 Å². The van der Waals surface area contributed by atoms with Gasteiger partial charge in [-0.2, -0.15) is 5.10 Å². The molecule has 1 aromatic heterocycles. The monoisotopic (exact) mass is 397 g/mol. The molecule has 0 atom stereocenters. The van der Waals surface area contributed by atoms with Crippen molar-refractivity contribution in [2.24, 2.45) is 7.05 Å². The van der Waals surface area contributed by atoms with Crippen molar-refractivity contribution in [1.82, 2.24) is 29.3 Å². The van der Waals surface area contributed by atoms with Crippen LogP contribution in [0.3, 0.4) is 0 Å². The van der Waals surface area contributed by atoms with E-state index in [1.807, 2.05) is 47.5 Å². The van der Waals surface area contributed by atoms with Gasteiger partial charge in [-0.15, -0.1) is 0 Å². The van der Waals surface area contributed by atoms with E-state index in [9.17, 15) is 0 Å². The lowest BCUT2D eigenvalue weighted by Gasteiger charge is -2.11. The molecule has 7 nitrogen and oxygen atoms in total. The minimum absolute atomic E-state index is 0.377. The molecule has 8 heteroatoms. The second-order valence-corrected chi connectivity index (χ2v) is 6.71. The third-order valence-electron chi connectivity index (χ3n) is 4.21. The molecule has 0 fully saturated rings. The van der Waals surface area contributed by atoms with Gasteiger partial charge in [0.2, 0.25) is 0 Å². The Morgan fingerprint density at radius 3 is 2.72 bits per heavy atom. The second kappa shape index (κ2) is 5.96. The first-order chi connectivity index (χ1) is 12.0. The van der Waals surface area contributed by atoms with Crippen LogP contribution >= 0.6 is 15.9 Å². The molecular weight excluding hydrogens is 382 g/mol. The van der Waals surface area contributed by atoms with Crippen LogP contribution in [0.2, 0.25) is 0 Å². The van der Waals surface area contributed by atoms with Gasteiger partial charge in [0, 0.05) is 12.6 Å². The van der Waals surface area contributed by atoms with Crippen LogP contribution in [0.15, 0.2) is 41.3 Å². The summed E-state index contributed by atoms with van der Waals surface area (Å²) in [6.45, 7) is 2.60. The molecular formula is C17H16BrN7. The third-order valence-corrected chi connectivity index (χ3v) is 4.87. The van der Waals surface area contributed by atoms with Gasteiger partial charge < -0.3 is 10.3 Å². The van der Waals surface area contributed by atoms with Crippen molar-refractivity contribution in [3.63, 3.8) is 0 Å². The number of hydrogen-bond donors (Lipinski definition) is 1. The number of nitrogens with zero attached hydrogens (tertiary/aromatic N) is 6. The number of nitrogen functional groups attached to an aromatic ring is 1. The summed E-state index contributed by atoms with van der Waals surface area (Å²) >= 11 is 3.53. The normalized spacial score (nSPS) is 11.3. The van der Waals surface area contributed by atoms with Gasteiger partial charge in [-0.1, -0.05) is 24.3 Å². The Morgan fingerprint density at radius 2 is 2.00 bits per heavy atom. The van der Waals surface area contributed by atoms with E-state index >= 15 is 0 Å². The molecule has 0 saturated heterocycles. The fourth-order valence-electron chi connectivity index (χ4n) is 2.79. The molecule has 2 aromatic rings. The van der Waals surface area contributed by atoms with Gasteiger partial charge in [0.15, 0.2) is 23.2 Å². The number of aryl methyl sites for hydroxylation is 2. The summed E-state index contributed by atoms with van der Waals surface area (Å²) in [6, 6.07) is 8.03. The van der Waals surface area contributed by atoms with E-state index in [0.717, 1.165) is 21.3 Å². The fourth-order valence-corrected chi connectivity index (χ4v) is 3.26. The lowest BCUT2D eigenvalue weighted by atomic mass is 10.1. The van der Waals surface area contributed by atoms with E-state index in [1.54, 1.807) is 12.5 Å². The molecule has 0 spiro atoms. The van der Waals surface area contributed by atoms with Gasteiger partial charge in [-0.25, -0.2) is 15.0 Å². The minimum atomic E-state index is 0.377. The van der Waals surface area contributed by atoms with E-state index in [-0.39, 0.29) is 0 Å². The third kappa shape index (κ3) is 2.68. The van der Waals surface area contributed by atoms with Gasteiger partial charge in [-0.3, -0.25) is 4.68 Å². The van der Waals surface area contributed by atoms with E-state index < -0.39 is 0 Å². The maximum Gasteiger partial charge on any atom is 0.166 e. The minimum Gasteiger partial charge on any atom is -0.382 e. The highest BCUT2D eigenvalue weighted by Crippen LogP contribution is 2.30. The molecule has 3 heterocycles. The van der Waals surface area contributed by atoms with Crippen LogP contribution < -0.4 is 5.73 Å². The highest BCUT2D eigenvalue weighted by molar-refractivity contribution is 9.10. The predicted octanol–water partition coefficient (Wildman–Crippen LogP) is 2.88. The van der Waals surface area contributed by atoms with E-state index in [0.29, 0.717) is 29.7 Å².